The fourth-order valence-electron chi connectivity index (χ4n) is 9.96. The van der Waals surface area contributed by atoms with Crippen molar-refractivity contribution >= 4 is 117 Å². The first-order valence-corrected chi connectivity index (χ1v) is 35.2. The normalized spacial score (nSPS) is 13.8. The summed E-state index contributed by atoms with van der Waals surface area (Å²) in [5.41, 5.74) is 23.6. The van der Waals surface area contributed by atoms with Crippen molar-refractivity contribution in [3.05, 3.63) is 120 Å². The number of rotatable bonds is 48. The van der Waals surface area contributed by atoms with E-state index in [0.717, 1.165) is 24.3 Å². The van der Waals surface area contributed by atoms with Crippen LogP contribution in [0.3, 0.4) is 0 Å². The number of guanidine groups is 1. The first kappa shape index (κ1) is 86.6. The van der Waals surface area contributed by atoms with Crippen LogP contribution in [0.15, 0.2) is 97.5 Å². The largest absolute Gasteiger partial charge is 0.481 e. The van der Waals surface area contributed by atoms with E-state index >= 15 is 0 Å². The van der Waals surface area contributed by atoms with Crippen LogP contribution in [0.2, 0.25) is 0 Å². The Morgan fingerprint density at radius 2 is 0.943 bits per heavy atom. The second-order valence-electron chi connectivity index (χ2n) is 23.8. The summed E-state index contributed by atoms with van der Waals surface area (Å²) in [4.78, 5) is 208. The molecule has 1 heterocycles. The average molecular weight is 1520 g/mol. The lowest BCUT2D eigenvalue weighted by Crippen LogP contribution is -2.60. The lowest BCUT2D eigenvalue weighted by atomic mass is 10.0. The van der Waals surface area contributed by atoms with Gasteiger partial charge < -0.3 is 106 Å². The molecule has 0 fully saturated rings. The Morgan fingerprint density at radius 3 is 1.41 bits per heavy atom. The van der Waals surface area contributed by atoms with Gasteiger partial charge in [0.15, 0.2) is 5.96 Å². The number of carbonyl (C=O) groups is 15. The predicted molar refractivity (Wildman–Crippen MR) is 374 cm³/mol. The standard InChI is InChI=1S/C64H86N18O22S2/c1-105-24-22-42(59(96)76-40(13-8-23-71-64(68)69)57(94)78-43(54(67)91)25-34-9-4-2-5-10-34)77-61(98)46(28-37-31-70-33-73-37)74-50(84)32-72-56(93)44(27-36-14-16-38(17-15-36)104-106(101,102)103)79-62(99)47(29-52(87)88)82-63(100)48(30-53(89)90)81-60(97)45(26-35-11-6-3-7-12-35)80-58(95)41(19-20-49(66)83)75-55(92)39(65)18-21-51(85)86/h2-7,9-12,14-17,31,33,39-48H,8,13,18-30,32,65H2,1H3,(H2,66,83)(H2,67,91)(H,70,73)(H,72,93)(H,74,84)(H,75,92)(H,76,96)(H,77,98)(H,78,94)(H,79,99)(H,80,95)(H,81,97)(H,82,100)(H,85,86)(H,87,88)(H,89,90)(H4,68,69,71)(H,101,102,103). The Kier molecular flexibility index (Phi) is 36.0. The van der Waals surface area contributed by atoms with E-state index in [1.165, 1.54) is 36.4 Å². The summed E-state index contributed by atoms with van der Waals surface area (Å²) in [6, 6.07) is 3.75. The highest BCUT2D eigenvalue weighted by molar-refractivity contribution is 7.98. The molecular formula is C64H86N18O22S2. The maximum Gasteiger partial charge on any atom is 0.446 e. The number of hydrogen-bond acceptors (Lipinski definition) is 22. The van der Waals surface area contributed by atoms with E-state index in [-0.39, 0.29) is 68.0 Å². The smallest absolute Gasteiger partial charge is 0.446 e. The Bertz CT molecular complexity index is 3840. The van der Waals surface area contributed by atoms with E-state index in [2.05, 4.69) is 72.6 Å². The first-order valence-electron chi connectivity index (χ1n) is 32.5. The molecule has 3 aromatic carbocycles. The molecule has 10 unspecified atom stereocenters. The number of benzene rings is 3. The van der Waals surface area contributed by atoms with Crippen LogP contribution in [0.4, 0.5) is 0 Å². The van der Waals surface area contributed by atoms with Crippen molar-refractivity contribution in [3.63, 3.8) is 0 Å². The van der Waals surface area contributed by atoms with Gasteiger partial charge in [-0.3, -0.25) is 81.9 Å². The summed E-state index contributed by atoms with van der Waals surface area (Å²) < 4.78 is 36.6. The molecule has 10 atom stereocenters. The summed E-state index contributed by atoms with van der Waals surface area (Å²) >= 11 is 1.29. The molecule has 106 heavy (non-hydrogen) atoms. The van der Waals surface area contributed by atoms with E-state index in [9.17, 15) is 95.1 Å². The van der Waals surface area contributed by atoms with E-state index < -0.39 is 217 Å². The molecule has 4 aromatic rings. The highest BCUT2D eigenvalue weighted by Crippen LogP contribution is 2.17. The number of carbonyl (C=O) groups excluding carboxylic acids is 12. The van der Waals surface area contributed by atoms with Gasteiger partial charge in [-0.05, 0) is 72.9 Å². The van der Waals surface area contributed by atoms with E-state index in [4.69, 9.17) is 33.5 Å². The van der Waals surface area contributed by atoms with Crippen molar-refractivity contribution < 1.29 is 104 Å². The number of H-pyrrole nitrogens is 1. The second-order valence-corrected chi connectivity index (χ2v) is 25.8. The van der Waals surface area contributed by atoms with Gasteiger partial charge in [0.1, 0.15) is 60.1 Å². The van der Waals surface area contributed by atoms with Crippen LogP contribution in [0, 0.1) is 5.41 Å². The molecule has 12 amide bonds. The van der Waals surface area contributed by atoms with Gasteiger partial charge in [0, 0.05) is 57.0 Å². The summed E-state index contributed by atoms with van der Waals surface area (Å²) in [7, 11) is -5.06. The topological polar surface area (TPSA) is 669 Å². The highest BCUT2D eigenvalue weighted by Gasteiger charge is 2.37. The monoisotopic (exact) mass is 1520 g/mol. The third-order valence-electron chi connectivity index (χ3n) is 15.3. The Morgan fingerprint density at radius 1 is 0.509 bits per heavy atom. The van der Waals surface area contributed by atoms with Gasteiger partial charge in [-0.25, -0.2) is 4.98 Å². The summed E-state index contributed by atoms with van der Waals surface area (Å²) in [6.07, 6.45) is -1.60. The minimum absolute atomic E-state index is 0.00851. The van der Waals surface area contributed by atoms with Crippen LogP contribution in [0.1, 0.15) is 80.2 Å². The number of nitrogens with zero attached hydrogens (tertiary/aromatic N) is 1. The maximum atomic E-state index is 14.4. The number of aromatic nitrogens is 2. The molecule has 0 aliphatic heterocycles. The zero-order valence-electron chi connectivity index (χ0n) is 57.0. The predicted octanol–water partition coefficient (Wildman–Crippen LogP) is -5.75. The van der Waals surface area contributed by atoms with Crippen molar-refractivity contribution in [2.24, 2.45) is 22.9 Å². The number of nitrogens with two attached hydrogens (primary N) is 4. The van der Waals surface area contributed by atoms with Crippen LogP contribution in [-0.4, -0.2) is 219 Å². The molecule has 576 valence electrons. The third-order valence-corrected chi connectivity index (χ3v) is 16.4. The van der Waals surface area contributed by atoms with Gasteiger partial charge in [-0.2, -0.15) is 20.2 Å². The van der Waals surface area contributed by atoms with E-state index in [0.29, 0.717) is 11.1 Å². The van der Waals surface area contributed by atoms with Crippen LogP contribution in [-0.2, 0) is 108 Å². The van der Waals surface area contributed by atoms with Gasteiger partial charge in [0.05, 0.1) is 31.8 Å². The van der Waals surface area contributed by atoms with Gasteiger partial charge in [-0.1, -0.05) is 72.8 Å². The lowest BCUT2D eigenvalue weighted by Gasteiger charge is -2.27. The molecule has 1 aromatic heterocycles. The molecule has 25 N–H and O–H groups in total. The molecular weight excluding hydrogens is 1440 g/mol. The number of aromatic amines is 1. The average Bonchev–Trinajstić information content (AvgIpc) is 1.00. The van der Waals surface area contributed by atoms with Gasteiger partial charge in [-0.15, -0.1) is 0 Å². The molecule has 0 saturated carbocycles. The van der Waals surface area contributed by atoms with E-state index in [1.54, 1.807) is 54.8 Å². The summed E-state index contributed by atoms with van der Waals surface area (Å²) in [6.45, 7) is -0.927. The van der Waals surface area contributed by atoms with Crippen molar-refractivity contribution in [1.82, 2.24) is 68.5 Å². The van der Waals surface area contributed by atoms with Crippen LogP contribution >= 0.6 is 11.8 Å². The molecule has 0 aliphatic carbocycles. The molecule has 40 nitrogen and oxygen atoms in total. The molecule has 4 rings (SSSR count). The Balaban J connectivity index is 1.63. The van der Waals surface area contributed by atoms with Crippen LogP contribution < -0.4 is 85.6 Å². The number of primary amides is 2. The molecule has 0 radical (unpaired) electrons. The summed E-state index contributed by atoms with van der Waals surface area (Å²) in [5.74, 6) is -18.7. The fraction of sp³-hybridized carbons (Fsp3) is 0.422. The molecule has 0 aliphatic rings. The molecule has 0 saturated heterocycles. The number of thioether (sulfide) groups is 1. The third kappa shape index (κ3) is 33.1. The van der Waals surface area contributed by atoms with Crippen molar-refractivity contribution in [3.8, 4) is 5.75 Å². The minimum Gasteiger partial charge on any atom is -0.481 e. The number of imidazole rings is 1. The lowest BCUT2D eigenvalue weighted by molar-refractivity contribution is -0.143. The number of nitrogens with one attached hydrogen (secondary N) is 13. The summed E-state index contributed by atoms with van der Waals surface area (Å²) in [5, 5.41) is 62.9. The maximum absolute atomic E-state index is 14.4. The van der Waals surface area contributed by atoms with Crippen molar-refractivity contribution in [2.75, 3.05) is 25.1 Å². The minimum atomic E-state index is -5.06. The van der Waals surface area contributed by atoms with Gasteiger partial charge >= 0.3 is 28.3 Å². The zero-order valence-corrected chi connectivity index (χ0v) is 58.7. The van der Waals surface area contributed by atoms with Crippen molar-refractivity contribution in [2.45, 2.75) is 144 Å². The number of hydrogen-bond donors (Lipinski definition) is 21. The highest BCUT2D eigenvalue weighted by atomic mass is 32.3. The Hall–Kier alpha value is -11.8. The van der Waals surface area contributed by atoms with Gasteiger partial charge in [0.25, 0.3) is 0 Å². The second kappa shape index (κ2) is 44.0. The van der Waals surface area contributed by atoms with Crippen LogP contribution in [0.5, 0.6) is 5.75 Å². The molecule has 42 heteroatoms. The number of carboxylic acid groups (broad SMARTS) is 3. The quantitative estimate of drug-likeness (QED) is 0.00848. The van der Waals surface area contributed by atoms with Crippen LogP contribution in [0.25, 0.3) is 0 Å². The zero-order chi connectivity index (χ0) is 78.6. The molecule has 0 bridgehead atoms. The number of amides is 12. The van der Waals surface area contributed by atoms with Gasteiger partial charge in [0.2, 0.25) is 70.9 Å². The number of aliphatic carboxylic acids is 3. The van der Waals surface area contributed by atoms with Crippen molar-refractivity contribution in [1.29, 1.82) is 5.41 Å². The fourth-order valence-corrected chi connectivity index (χ4v) is 10.8. The SMILES string of the molecule is CSCCC(NC(=O)C(Cc1cnc[nH]1)NC(=O)CNC(=O)C(Cc1ccc(OS(=O)(=O)O)cc1)NC(=O)C(CC(=O)O)NC(=O)C(CC(=O)O)NC(=O)C(Cc1ccccc1)NC(=O)C(CCC(N)=O)NC(=O)C(N)CCC(=O)O)C(=O)NC(CCCNC(=N)N)C(=O)NC(Cc1ccccc1)C(N)=O. The molecule has 0 spiro atoms. The first-order chi connectivity index (χ1) is 50.1. The Labute approximate surface area is 610 Å². The number of carboxylic acids is 3. The van der Waals surface area contributed by atoms with E-state index in [1.807, 2.05) is 0 Å².